The average Bonchev–Trinajstić information content (AvgIpc) is 3.38. The summed E-state index contributed by atoms with van der Waals surface area (Å²) < 4.78 is 16.4. The number of fused-ring (bicyclic) bond motifs is 1. The normalized spacial score (nSPS) is 30.4. The minimum Gasteiger partial charge on any atom is -0.444 e. The van der Waals surface area contributed by atoms with E-state index in [-0.39, 0.29) is 13.2 Å². The fourth-order valence-electron chi connectivity index (χ4n) is 3.63. The number of ether oxygens (including phenoxy) is 3. The van der Waals surface area contributed by atoms with Crippen LogP contribution >= 0.6 is 11.8 Å². The molecule has 0 aromatic carbocycles. The molecule has 3 aliphatic heterocycles. The summed E-state index contributed by atoms with van der Waals surface area (Å²) in [5.74, 6) is -0.212. The Labute approximate surface area is 188 Å². The van der Waals surface area contributed by atoms with Crippen LogP contribution in [0.25, 0.3) is 0 Å². The monoisotopic (exact) mass is 476 g/mol. The molecule has 6 atom stereocenters. The fourth-order valence-corrected chi connectivity index (χ4v) is 4.77. The van der Waals surface area contributed by atoms with Crippen LogP contribution < -0.4 is 10.6 Å². The van der Waals surface area contributed by atoms with Crippen molar-refractivity contribution in [1.29, 1.82) is 0 Å². The molecule has 0 aromatic heterocycles. The van der Waals surface area contributed by atoms with E-state index >= 15 is 0 Å². The highest BCUT2D eigenvalue weighted by atomic mass is 32.2. The van der Waals surface area contributed by atoms with E-state index in [4.69, 9.17) is 14.2 Å². The first-order valence-corrected chi connectivity index (χ1v) is 11.3. The van der Waals surface area contributed by atoms with Crippen LogP contribution in [-0.4, -0.2) is 94.8 Å². The van der Waals surface area contributed by atoms with Crippen molar-refractivity contribution in [2.24, 2.45) is 0 Å². The van der Waals surface area contributed by atoms with E-state index in [9.17, 15) is 24.5 Å². The third-order valence-electron chi connectivity index (χ3n) is 5.12. The number of amides is 3. The summed E-state index contributed by atoms with van der Waals surface area (Å²) in [6.45, 7) is 6.83. The Morgan fingerprint density at radius 3 is 2.56 bits per heavy atom. The Bertz CT molecular complexity index is 761. The molecule has 0 aromatic rings. The third kappa shape index (κ3) is 5.72. The van der Waals surface area contributed by atoms with Gasteiger partial charge in [0.1, 0.15) is 29.9 Å². The molecule has 0 aliphatic carbocycles. The lowest BCUT2D eigenvalue weighted by Gasteiger charge is -2.28. The van der Waals surface area contributed by atoms with Crippen LogP contribution in [0.2, 0.25) is 0 Å². The first-order chi connectivity index (χ1) is 15.0. The molecule has 3 aliphatic rings. The average molecular weight is 477 g/mol. The highest BCUT2D eigenvalue weighted by Crippen LogP contribution is 2.29. The van der Waals surface area contributed by atoms with Gasteiger partial charge >= 0.3 is 6.09 Å². The lowest BCUT2D eigenvalue weighted by Crippen LogP contribution is -2.55. The molecule has 0 spiro atoms. The van der Waals surface area contributed by atoms with E-state index < -0.39 is 65.0 Å². The van der Waals surface area contributed by atoms with Crippen molar-refractivity contribution in [3.05, 3.63) is 10.1 Å². The summed E-state index contributed by atoms with van der Waals surface area (Å²) >= 11 is 1.42. The van der Waals surface area contributed by atoms with E-state index in [1.54, 1.807) is 20.8 Å². The van der Waals surface area contributed by atoms with Gasteiger partial charge in [-0.1, -0.05) is 0 Å². The summed E-state index contributed by atoms with van der Waals surface area (Å²) in [6.07, 6.45) is -2.68. The van der Waals surface area contributed by atoms with Crippen molar-refractivity contribution in [2.75, 3.05) is 24.8 Å². The van der Waals surface area contributed by atoms with Gasteiger partial charge in [0.2, 0.25) is 11.8 Å². The van der Waals surface area contributed by atoms with Gasteiger partial charge in [0.25, 0.3) is 5.09 Å². The van der Waals surface area contributed by atoms with Crippen LogP contribution in [0.1, 0.15) is 27.7 Å². The molecule has 3 rings (SSSR count). The number of nitrogens with zero attached hydrogens (tertiary/aromatic N) is 2. The van der Waals surface area contributed by atoms with Gasteiger partial charge in [-0.3, -0.25) is 14.5 Å². The van der Waals surface area contributed by atoms with Crippen LogP contribution in [-0.2, 0) is 28.6 Å². The van der Waals surface area contributed by atoms with Gasteiger partial charge in [-0.15, -0.1) is 21.9 Å². The van der Waals surface area contributed by atoms with Crippen molar-refractivity contribution in [2.45, 2.75) is 69.7 Å². The second-order valence-corrected chi connectivity index (χ2v) is 9.77. The summed E-state index contributed by atoms with van der Waals surface area (Å²) in [5, 5.41) is 15.0. The van der Waals surface area contributed by atoms with Crippen molar-refractivity contribution < 1.29 is 38.5 Å². The Morgan fingerprint density at radius 1 is 1.22 bits per heavy atom. The van der Waals surface area contributed by atoms with Crippen molar-refractivity contribution in [3.8, 4) is 0 Å². The maximum Gasteiger partial charge on any atom is 0.411 e. The van der Waals surface area contributed by atoms with Gasteiger partial charge in [-0.2, -0.15) is 0 Å². The van der Waals surface area contributed by atoms with E-state index in [1.807, 2.05) is 0 Å². The van der Waals surface area contributed by atoms with Gasteiger partial charge < -0.3 is 29.7 Å². The molecule has 32 heavy (non-hydrogen) atoms. The molecule has 180 valence electrons. The summed E-state index contributed by atoms with van der Waals surface area (Å²) in [7, 11) is 0. The third-order valence-corrected chi connectivity index (χ3v) is 6.13. The Morgan fingerprint density at radius 2 is 1.91 bits per heavy atom. The number of carbonyl (C=O) groups excluding carboxylic acids is 3. The summed E-state index contributed by atoms with van der Waals surface area (Å²) in [6, 6.07) is -2.17. The molecule has 3 fully saturated rings. The molecular weight excluding hydrogens is 448 g/mol. The number of rotatable bonds is 6. The number of hydrogen-bond acceptors (Lipinski definition) is 10. The van der Waals surface area contributed by atoms with Gasteiger partial charge in [0, 0.05) is 5.75 Å². The number of carbonyl (C=O) groups is 3. The van der Waals surface area contributed by atoms with E-state index in [2.05, 4.69) is 15.5 Å². The van der Waals surface area contributed by atoms with E-state index in [0.29, 0.717) is 11.6 Å². The first kappa shape index (κ1) is 24.3. The molecule has 14 heteroatoms. The smallest absolute Gasteiger partial charge is 0.411 e. The van der Waals surface area contributed by atoms with Gasteiger partial charge in [-0.25, -0.2) is 4.79 Å². The maximum absolute atomic E-state index is 12.7. The Kier molecular flexibility index (Phi) is 7.35. The number of nitrogens with one attached hydrogen (secondary N) is 2. The minimum atomic E-state index is -0.898. The number of hydrogen-bond donors (Lipinski definition) is 2. The zero-order valence-corrected chi connectivity index (χ0v) is 19.1. The molecule has 3 saturated heterocycles. The second-order valence-electron chi connectivity index (χ2n) is 8.77. The van der Waals surface area contributed by atoms with Crippen LogP contribution in [0.4, 0.5) is 4.79 Å². The summed E-state index contributed by atoms with van der Waals surface area (Å²) in [4.78, 5) is 54.2. The largest absolute Gasteiger partial charge is 0.444 e. The predicted molar refractivity (Wildman–Crippen MR) is 110 cm³/mol. The van der Waals surface area contributed by atoms with Crippen LogP contribution in [0.15, 0.2) is 0 Å². The number of thioether (sulfide) groups is 1. The summed E-state index contributed by atoms with van der Waals surface area (Å²) in [5.41, 5.74) is -0.689. The molecule has 13 nitrogen and oxygen atoms in total. The van der Waals surface area contributed by atoms with Crippen LogP contribution in [0.3, 0.4) is 0 Å². The van der Waals surface area contributed by atoms with Crippen LogP contribution in [0, 0.1) is 10.1 Å². The van der Waals surface area contributed by atoms with E-state index in [1.165, 1.54) is 23.6 Å². The zero-order chi connectivity index (χ0) is 23.6. The SMILES string of the molecule is C[C@@H](NC(=O)[C@@H]1CSCN1C(=O)OC(C)(C)C)C(=O)N[C@H]1CO[C@H]2[C@@H]1OC[C@@H]2O[N+](=O)[O-]. The Hall–Kier alpha value is -2.32. The molecule has 3 heterocycles. The Balaban J connectivity index is 1.51. The van der Waals surface area contributed by atoms with Crippen LogP contribution in [0.5, 0.6) is 0 Å². The van der Waals surface area contributed by atoms with E-state index in [0.717, 1.165) is 0 Å². The van der Waals surface area contributed by atoms with Gasteiger partial charge in [0.15, 0.2) is 6.10 Å². The lowest BCUT2D eigenvalue weighted by atomic mass is 10.1. The minimum absolute atomic E-state index is 0.0190. The highest BCUT2D eigenvalue weighted by Gasteiger charge is 2.50. The molecular formula is C18H28N4O9S. The molecule has 2 N–H and O–H groups in total. The van der Waals surface area contributed by atoms with Crippen molar-refractivity contribution >= 4 is 29.7 Å². The van der Waals surface area contributed by atoms with Gasteiger partial charge in [0.05, 0.1) is 25.1 Å². The lowest BCUT2D eigenvalue weighted by molar-refractivity contribution is -0.769. The fraction of sp³-hybridized carbons (Fsp3) is 0.833. The standard InChI is InChI=1S/C18H28N4O9S/c1-9(19-16(24)11-7-32-8-21(11)17(25)30-18(2,3)4)15(23)20-10-5-28-14-12(31-22(26)27)6-29-13(10)14/h9-14H,5-8H2,1-4H3,(H,19,24)(H,20,23)/t9-,10+,11+,12+,13-,14-/m1/s1. The molecule has 0 saturated carbocycles. The molecule has 0 radical (unpaired) electrons. The van der Waals surface area contributed by atoms with Gasteiger partial charge in [-0.05, 0) is 27.7 Å². The quantitative estimate of drug-likeness (QED) is 0.384. The first-order valence-electron chi connectivity index (χ1n) is 10.2. The predicted octanol–water partition coefficient (Wildman–Crippen LogP) is -0.340. The van der Waals surface area contributed by atoms with Crippen molar-refractivity contribution in [1.82, 2.24) is 15.5 Å². The zero-order valence-electron chi connectivity index (χ0n) is 18.3. The highest BCUT2D eigenvalue weighted by molar-refractivity contribution is 7.99. The molecule has 3 amide bonds. The topological polar surface area (TPSA) is 159 Å². The molecule has 0 bridgehead atoms. The maximum atomic E-state index is 12.7. The van der Waals surface area contributed by atoms with Crippen molar-refractivity contribution in [3.63, 3.8) is 0 Å². The second kappa shape index (κ2) is 9.67. The molecule has 0 unspecified atom stereocenters.